The van der Waals surface area contributed by atoms with E-state index in [2.05, 4.69) is 34.2 Å². The second kappa shape index (κ2) is 9.05. The molecule has 5 heteroatoms. The maximum Gasteiger partial charge on any atom is 0.295 e. The van der Waals surface area contributed by atoms with Crippen molar-refractivity contribution in [3.8, 4) is 0 Å². The Morgan fingerprint density at radius 2 is 1.32 bits per heavy atom. The van der Waals surface area contributed by atoms with E-state index in [-0.39, 0.29) is 5.69 Å². The summed E-state index contributed by atoms with van der Waals surface area (Å²) in [7, 11) is 0. The number of nitro groups is 1. The molecule has 0 aliphatic heterocycles. The Morgan fingerprint density at radius 3 is 1.87 bits per heavy atom. The van der Waals surface area contributed by atoms with Gasteiger partial charge in [0, 0.05) is 29.3 Å². The van der Waals surface area contributed by atoms with Crippen LogP contribution in [0.15, 0.2) is 108 Å². The van der Waals surface area contributed by atoms with E-state index in [1.807, 2.05) is 73.7 Å². The molecule has 0 heterocycles. The summed E-state index contributed by atoms with van der Waals surface area (Å²) < 4.78 is 0. The van der Waals surface area contributed by atoms with Crippen molar-refractivity contribution in [3.05, 3.63) is 124 Å². The van der Waals surface area contributed by atoms with Crippen molar-refractivity contribution in [1.82, 2.24) is 0 Å². The van der Waals surface area contributed by atoms with Gasteiger partial charge in [0.2, 0.25) is 0 Å². The number of benzene rings is 4. The van der Waals surface area contributed by atoms with Gasteiger partial charge >= 0.3 is 0 Å². The van der Waals surface area contributed by atoms with Crippen LogP contribution in [0.3, 0.4) is 0 Å². The number of nitrogens with zero attached hydrogens (tertiary/aromatic N) is 3. The van der Waals surface area contributed by atoms with Gasteiger partial charge < -0.3 is 4.90 Å². The van der Waals surface area contributed by atoms with Crippen LogP contribution in [0.1, 0.15) is 11.1 Å². The van der Waals surface area contributed by atoms with Gasteiger partial charge in [-0.1, -0.05) is 54.6 Å². The summed E-state index contributed by atoms with van der Waals surface area (Å²) in [6.07, 6.45) is 1.65. The molecule has 0 fully saturated rings. The maximum absolute atomic E-state index is 11.3. The summed E-state index contributed by atoms with van der Waals surface area (Å²) in [6.45, 7) is 1.82. The van der Waals surface area contributed by atoms with Gasteiger partial charge in [-0.3, -0.25) is 10.1 Å². The smallest absolute Gasteiger partial charge is 0.295 e. The van der Waals surface area contributed by atoms with Crippen LogP contribution in [0, 0.1) is 17.0 Å². The fourth-order valence-electron chi connectivity index (χ4n) is 3.34. The van der Waals surface area contributed by atoms with Crippen LogP contribution in [0.5, 0.6) is 0 Å². The number of anilines is 3. The molecule has 0 saturated heterocycles. The molecule has 0 spiro atoms. The Morgan fingerprint density at radius 1 is 0.774 bits per heavy atom. The van der Waals surface area contributed by atoms with E-state index in [4.69, 9.17) is 0 Å². The van der Waals surface area contributed by atoms with Crippen LogP contribution in [0.25, 0.3) is 0 Å². The molecule has 0 bridgehead atoms. The molecule has 0 aliphatic carbocycles. The first-order valence-electron chi connectivity index (χ1n) is 9.91. The molecule has 152 valence electrons. The van der Waals surface area contributed by atoms with E-state index in [9.17, 15) is 10.1 Å². The zero-order chi connectivity index (χ0) is 21.6. The van der Waals surface area contributed by atoms with Crippen LogP contribution in [0.2, 0.25) is 0 Å². The molecule has 5 nitrogen and oxygen atoms in total. The lowest BCUT2D eigenvalue weighted by molar-refractivity contribution is -0.384. The summed E-state index contributed by atoms with van der Waals surface area (Å²) >= 11 is 0. The van der Waals surface area contributed by atoms with Gasteiger partial charge in [-0.2, -0.15) is 0 Å². The monoisotopic (exact) mass is 407 g/mol. The molecule has 4 rings (SSSR count). The van der Waals surface area contributed by atoms with E-state index in [0.29, 0.717) is 5.69 Å². The van der Waals surface area contributed by atoms with Crippen LogP contribution in [0.4, 0.5) is 28.4 Å². The number of hydrogen-bond acceptors (Lipinski definition) is 4. The van der Waals surface area contributed by atoms with E-state index in [1.54, 1.807) is 12.3 Å². The van der Waals surface area contributed by atoms with Gasteiger partial charge in [-0.05, 0) is 60.5 Å². The molecule has 4 aromatic carbocycles. The van der Waals surface area contributed by atoms with Crippen molar-refractivity contribution < 1.29 is 4.92 Å². The molecule has 0 aromatic heterocycles. The molecule has 0 radical (unpaired) electrons. The first-order chi connectivity index (χ1) is 15.1. The normalized spacial score (nSPS) is 10.9. The Labute approximate surface area is 181 Å². The number of aryl methyl sites for hydroxylation is 1. The highest BCUT2D eigenvalue weighted by atomic mass is 16.6. The molecule has 0 aliphatic rings. The lowest BCUT2D eigenvalue weighted by atomic mass is 10.1. The Balaban J connectivity index is 1.64. The standard InChI is InChI=1S/C26H21N3O2/c1-20-12-17-25(26(18-20)29(30)31)27-19-21-13-15-24(16-14-21)28(22-8-4-2-5-9-22)23-10-6-3-7-11-23/h2-19H,1H3. The predicted molar refractivity (Wildman–Crippen MR) is 126 cm³/mol. The van der Waals surface area contributed by atoms with Gasteiger partial charge in [0.05, 0.1) is 4.92 Å². The van der Waals surface area contributed by atoms with Gasteiger partial charge in [-0.25, -0.2) is 4.99 Å². The molecular weight excluding hydrogens is 386 g/mol. The van der Waals surface area contributed by atoms with Gasteiger partial charge in [0.15, 0.2) is 0 Å². The fraction of sp³-hybridized carbons (Fsp3) is 0.0385. The van der Waals surface area contributed by atoms with Crippen molar-refractivity contribution in [2.45, 2.75) is 6.92 Å². The second-order valence-corrected chi connectivity index (χ2v) is 7.11. The molecule has 31 heavy (non-hydrogen) atoms. The van der Waals surface area contributed by atoms with Gasteiger partial charge in [0.1, 0.15) is 5.69 Å². The Kier molecular flexibility index (Phi) is 5.85. The van der Waals surface area contributed by atoms with E-state index < -0.39 is 4.92 Å². The predicted octanol–water partition coefficient (Wildman–Crippen LogP) is 7.12. The highest BCUT2D eigenvalue weighted by molar-refractivity contribution is 5.85. The minimum atomic E-state index is -0.402. The number of hydrogen-bond donors (Lipinski definition) is 0. The number of aliphatic imine (C=N–C) groups is 1. The highest BCUT2D eigenvalue weighted by Gasteiger charge is 2.13. The fourth-order valence-corrected chi connectivity index (χ4v) is 3.34. The van der Waals surface area contributed by atoms with Crippen LogP contribution < -0.4 is 4.90 Å². The maximum atomic E-state index is 11.3. The molecule has 0 unspecified atom stereocenters. The summed E-state index contributed by atoms with van der Waals surface area (Å²) in [4.78, 5) is 17.4. The molecular formula is C26H21N3O2. The Hall–Kier alpha value is -4.25. The third kappa shape index (κ3) is 4.67. The van der Waals surface area contributed by atoms with Gasteiger partial charge in [0.25, 0.3) is 5.69 Å². The quantitative estimate of drug-likeness (QED) is 0.194. The van der Waals surface area contributed by atoms with Crippen molar-refractivity contribution in [1.29, 1.82) is 0 Å². The summed E-state index contributed by atoms with van der Waals surface area (Å²) in [5.41, 5.74) is 5.17. The van der Waals surface area contributed by atoms with Crippen molar-refractivity contribution in [3.63, 3.8) is 0 Å². The lowest BCUT2D eigenvalue weighted by Gasteiger charge is -2.25. The third-order valence-electron chi connectivity index (χ3n) is 4.86. The summed E-state index contributed by atoms with van der Waals surface area (Å²) in [5, 5.41) is 11.3. The average Bonchev–Trinajstić information content (AvgIpc) is 2.80. The lowest BCUT2D eigenvalue weighted by Crippen LogP contribution is -2.09. The third-order valence-corrected chi connectivity index (χ3v) is 4.86. The molecule has 0 N–H and O–H groups in total. The molecule has 0 saturated carbocycles. The highest BCUT2D eigenvalue weighted by Crippen LogP contribution is 2.34. The zero-order valence-electron chi connectivity index (χ0n) is 17.1. The van der Waals surface area contributed by atoms with Crippen molar-refractivity contribution in [2.24, 2.45) is 4.99 Å². The molecule has 0 amide bonds. The molecule has 4 aromatic rings. The Bertz CT molecular complexity index is 1170. The van der Waals surface area contributed by atoms with Crippen LogP contribution in [-0.4, -0.2) is 11.1 Å². The van der Waals surface area contributed by atoms with Crippen molar-refractivity contribution in [2.75, 3.05) is 4.90 Å². The van der Waals surface area contributed by atoms with Crippen LogP contribution in [-0.2, 0) is 0 Å². The van der Waals surface area contributed by atoms with Gasteiger partial charge in [-0.15, -0.1) is 0 Å². The minimum absolute atomic E-state index is 0.00667. The van der Waals surface area contributed by atoms with E-state index >= 15 is 0 Å². The number of para-hydroxylation sites is 2. The second-order valence-electron chi connectivity index (χ2n) is 7.11. The largest absolute Gasteiger partial charge is 0.311 e. The zero-order valence-corrected chi connectivity index (χ0v) is 17.1. The summed E-state index contributed by atoms with van der Waals surface area (Å²) in [5.74, 6) is 0. The van der Waals surface area contributed by atoms with E-state index in [0.717, 1.165) is 28.2 Å². The van der Waals surface area contributed by atoms with Crippen molar-refractivity contribution >= 4 is 34.7 Å². The average molecular weight is 407 g/mol. The SMILES string of the molecule is Cc1ccc(N=Cc2ccc(N(c3ccccc3)c3ccccc3)cc2)c([N+](=O)[O-])c1. The topological polar surface area (TPSA) is 58.7 Å². The van der Waals surface area contributed by atoms with E-state index in [1.165, 1.54) is 6.07 Å². The van der Waals surface area contributed by atoms with Crippen LogP contribution >= 0.6 is 0 Å². The number of nitro benzene ring substituents is 1. The number of rotatable bonds is 6. The minimum Gasteiger partial charge on any atom is -0.311 e. The first-order valence-corrected chi connectivity index (χ1v) is 9.91. The first kappa shape index (κ1) is 20.0. The summed E-state index contributed by atoms with van der Waals surface area (Å²) in [6, 6.07) is 33.3. The molecule has 0 atom stereocenters.